The van der Waals surface area contributed by atoms with E-state index < -0.39 is 27.6 Å². The SMILES string of the molecule is Nc1ncc(-c2ccc3ncc(-c4ccc(S(=O)(=O)NCCN5CCOCC5)nc4)n3n2)cc1C(F)(F)F. The first-order valence-electron chi connectivity index (χ1n) is 11.6. The molecule has 1 fully saturated rings. The van der Waals surface area contributed by atoms with Crippen LogP contribution in [0.15, 0.2) is 53.9 Å². The van der Waals surface area contributed by atoms with Crippen molar-refractivity contribution >= 4 is 21.5 Å². The molecule has 1 aliphatic heterocycles. The standard InChI is InChI=1S/C23H23F3N8O3S/c24-23(25,26)17-11-16(13-30-22(17)27)18-2-3-20-28-14-19(34(20)32-18)15-1-4-21(29-12-15)38(35,36)31-5-6-33-7-9-37-10-8-33/h1-4,11-14,31H,5-10H2,(H2,27,30). The summed E-state index contributed by atoms with van der Waals surface area (Å²) in [6, 6.07) is 6.94. The van der Waals surface area contributed by atoms with Crippen LogP contribution in [0.2, 0.25) is 0 Å². The molecule has 3 N–H and O–H groups in total. The number of hydrogen-bond acceptors (Lipinski definition) is 9. The summed E-state index contributed by atoms with van der Waals surface area (Å²) in [6.45, 7) is 3.55. The fourth-order valence-corrected chi connectivity index (χ4v) is 4.94. The monoisotopic (exact) mass is 548 g/mol. The zero-order chi connectivity index (χ0) is 26.9. The molecule has 0 spiro atoms. The van der Waals surface area contributed by atoms with E-state index in [1.807, 2.05) is 0 Å². The Bertz CT molecular complexity index is 1550. The molecule has 0 bridgehead atoms. The number of nitrogens with zero attached hydrogens (tertiary/aromatic N) is 6. The third-order valence-electron chi connectivity index (χ3n) is 6.01. The zero-order valence-electron chi connectivity index (χ0n) is 19.9. The molecule has 0 aliphatic carbocycles. The van der Waals surface area contributed by atoms with Crippen molar-refractivity contribution in [1.82, 2.24) is 34.2 Å². The molecule has 4 aromatic heterocycles. The van der Waals surface area contributed by atoms with E-state index in [0.29, 0.717) is 36.7 Å². The highest BCUT2D eigenvalue weighted by Crippen LogP contribution is 2.35. The summed E-state index contributed by atoms with van der Waals surface area (Å²) in [5, 5.41) is 4.28. The molecule has 1 aliphatic rings. The number of fused-ring (bicyclic) bond motifs is 1. The number of nitrogen functional groups attached to an aromatic ring is 1. The number of anilines is 1. The van der Waals surface area contributed by atoms with Gasteiger partial charge in [0.2, 0.25) is 0 Å². The van der Waals surface area contributed by atoms with E-state index in [-0.39, 0.29) is 22.8 Å². The van der Waals surface area contributed by atoms with Crippen LogP contribution in [0.4, 0.5) is 19.0 Å². The summed E-state index contributed by atoms with van der Waals surface area (Å²) >= 11 is 0. The third-order valence-corrected chi connectivity index (χ3v) is 7.39. The van der Waals surface area contributed by atoms with Crippen molar-refractivity contribution in [3.05, 3.63) is 54.5 Å². The fourth-order valence-electron chi connectivity index (χ4n) is 3.99. The average molecular weight is 549 g/mol. The number of alkyl halides is 3. The van der Waals surface area contributed by atoms with Crippen molar-refractivity contribution in [3.8, 4) is 22.5 Å². The van der Waals surface area contributed by atoms with E-state index in [1.165, 1.54) is 35.2 Å². The van der Waals surface area contributed by atoms with Gasteiger partial charge in [0.1, 0.15) is 5.82 Å². The quantitative estimate of drug-likeness (QED) is 0.355. The van der Waals surface area contributed by atoms with E-state index in [2.05, 4.69) is 29.7 Å². The van der Waals surface area contributed by atoms with E-state index in [1.54, 1.807) is 12.1 Å². The average Bonchev–Trinajstić information content (AvgIpc) is 3.32. The molecule has 1 saturated heterocycles. The summed E-state index contributed by atoms with van der Waals surface area (Å²) in [5.74, 6) is -0.623. The molecule has 0 amide bonds. The van der Waals surface area contributed by atoms with E-state index in [4.69, 9.17) is 10.5 Å². The van der Waals surface area contributed by atoms with Crippen molar-refractivity contribution in [2.24, 2.45) is 0 Å². The van der Waals surface area contributed by atoms with Gasteiger partial charge in [0.25, 0.3) is 10.0 Å². The molecule has 0 radical (unpaired) electrons. The topological polar surface area (TPSA) is 141 Å². The Balaban J connectivity index is 1.37. The fraction of sp³-hybridized carbons (Fsp3) is 0.304. The molecule has 38 heavy (non-hydrogen) atoms. The molecule has 11 nitrogen and oxygen atoms in total. The van der Waals surface area contributed by atoms with Gasteiger partial charge in [-0.25, -0.2) is 32.6 Å². The highest BCUT2D eigenvalue weighted by atomic mass is 32.2. The second kappa shape index (κ2) is 10.2. The number of sulfonamides is 1. The molecule has 0 saturated carbocycles. The Kier molecular flexibility index (Phi) is 7.00. The second-order valence-electron chi connectivity index (χ2n) is 8.52. The number of pyridine rings is 2. The summed E-state index contributed by atoms with van der Waals surface area (Å²) in [5.41, 5.74) is 6.11. The molecule has 5 rings (SSSR count). The molecular weight excluding hydrogens is 525 g/mol. The van der Waals surface area contributed by atoms with E-state index >= 15 is 0 Å². The lowest BCUT2D eigenvalue weighted by Crippen LogP contribution is -2.41. The molecule has 0 atom stereocenters. The largest absolute Gasteiger partial charge is 0.419 e. The number of imidazole rings is 1. The molecular formula is C23H23F3N8O3S. The number of hydrogen-bond donors (Lipinski definition) is 2. The lowest BCUT2D eigenvalue weighted by Gasteiger charge is -2.26. The summed E-state index contributed by atoms with van der Waals surface area (Å²) in [7, 11) is -3.82. The van der Waals surface area contributed by atoms with Gasteiger partial charge in [-0.3, -0.25) is 4.90 Å². The van der Waals surface area contributed by atoms with E-state index in [9.17, 15) is 21.6 Å². The van der Waals surface area contributed by atoms with Crippen LogP contribution in [-0.4, -0.2) is 77.3 Å². The second-order valence-corrected chi connectivity index (χ2v) is 10.2. The van der Waals surface area contributed by atoms with Crippen LogP contribution in [0, 0.1) is 0 Å². The van der Waals surface area contributed by atoms with Gasteiger partial charge in [-0.05, 0) is 30.3 Å². The van der Waals surface area contributed by atoms with Crippen LogP contribution in [-0.2, 0) is 20.9 Å². The first kappa shape index (κ1) is 26.0. The van der Waals surface area contributed by atoms with Crippen LogP contribution in [0.1, 0.15) is 5.56 Å². The van der Waals surface area contributed by atoms with Crippen molar-refractivity contribution in [2.75, 3.05) is 45.1 Å². The van der Waals surface area contributed by atoms with Crippen LogP contribution in [0.25, 0.3) is 28.2 Å². The van der Waals surface area contributed by atoms with Crippen molar-refractivity contribution in [1.29, 1.82) is 0 Å². The maximum Gasteiger partial charge on any atom is 0.419 e. The predicted octanol–water partition coefficient (Wildman–Crippen LogP) is 2.06. The highest BCUT2D eigenvalue weighted by molar-refractivity contribution is 7.89. The minimum Gasteiger partial charge on any atom is -0.383 e. The number of ether oxygens (including phenoxy) is 1. The molecule has 0 aromatic carbocycles. The smallest absolute Gasteiger partial charge is 0.383 e. The lowest BCUT2D eigenvalue weighted by atomic mass is 10.1. The summed E-state index contributed by atoms with van der Waals surface area (Å²) in [4.78, 5) is 14.1. The molecule has 0 unspecified atom stereocenters. The minimum absolute atomic E-state index is 0.121. The lowest BCUT2D eigenvalue weighted by molar-refractivity contribution is -0.137. The van der Waals surface area contributed by atoms with E-state index in [0.717, 1.165) is 19.2 Å². The van der Waals surface area contributed by atoms with Crippen molar-refractivity contribution < 1.29 is 26.3 Å². The van der Waals surface area contributed by atoms with Gasteiger partial charge in [-0.15, -0.1) is 0 Å². The number of rotatable bonds is 7. The Morgan fingerprint density at radius 1 is 1.00 bits per heavy atom. The molecule has 15 heteroatoms. The Hall–Kier alpha value is -3.66. The van der Waals surface area contributed by atoms with Gasteiger partial charge in [0.15, 0.2) is 10.7 Å². The van der Waals surface area contributed by atoms with Crippen molar-refractivity contribution in [3.63, 3.8) is 0 Å². The predicted molar refractivity (Wildman–Crippen MR) is 131 cm³/mol. The number of nitrogens with two attached hydrogens (primary N) is 1. The number of aromatic nitrogens is 5. The van der Waals surface area contributed by atoms with Crippen LogP contribution in [0.3, 0.4) is 0 Å². The number of nitrogens with one attached hydrogen (secondary N) is 1. The van der Waals surface area contributed by atoms with Gasteiger partial charge < -0.3 is 10.5 Å². The van der Waals surface area contributed by atoms with Crippen LogP contribution < -0.4 is 10.5 Å². The minimum atomic E-state index is -4.66. The van der Waals surface area contributed by atoms with Gasteiger partial charge in [-0.2, -0.15) is 18.3 Å². The van der Waals surface area contributed by atoms with Crippen LogP contribution >= 0.6 is 0 Å². The zero-order valence-corrected chi connectivity index (χ0v) is 20.7. The maximum atomic E-state index is 13.3. The van der Waals surface area contributed by atoms with Gasteiger partial charge in [-0.1, -0.05) is 0 Å². The highest BCUT2D eigenvalue weighted by Gasteiger charge is 2.34. The first-order valence-corrected chi connectivity index (χ1v) is 13.0. The summed E-state index contributed by atoms with van der Waals surface area (Å²) in [6.07, 6.45) is -0.563. The molecule has 4 aromatic rings. The molecule has 200 valence electrons. The summed E-state index contributed by atoms with van der Waals surface area (Å²) < 4.78 is 74.5. The maximum absolute atomic E-state index is 13.3. The van der Waals surface area contributed by atoms with Crippen molar-refractivity contribution in [2.45, 2.75) is 11.2 Å². The van der Waals surface area contributed by atoms with Gasteiger partial charge in [0.05, 0.1) is 36.4 Å². The number of halogens is 3. The molecule has 5 heterocycles. The van der Waals surface area contributed by atoms with Gasteiger partial charge in [0, 0.05) is 49.7 Å². The van der Waals surface area contributed by atoms with Crippen LogP contribution in [0.5, 0.6) is 0 Å². The normalized spacial score (nSPS) is 15.2. The Morgan fingerprint density at radius 3 is 2.47 bits per heavy atom. The Morgan fingerprint density at radius 2 is 1.76 bits per heavy atom. The number of morpholine rings is 1. The third kappa shape index (κ3) is 5.45. The van der Waals surface area contributed by atoms with Gasteiger partial charge >= 0.3 is 6.18 Å². The Labute approximate surface area is 215 Å². The first-order chi connectivity index (χ1) is 18.1.